The van der Waals surface area contributed by atoms with Crippen LogP contribution in [-0.4, -0.2) is 16.5 Å². The highest BCUT2D eigenvalue weighted by molar-refractivity contribution is 5.91. The quantitative estimate of drug-likeness (QED) is 0.682. The molecule has 4 aliphatic rings. The number of fused-ring (bicyclic) bond motifs is 5. The maximum absolute atomic E-state index is 11.7. The van der Waals surface area contributed by atoms with Gasteiger partial charge in [-0.2, -0.15) is 0 Å². The molecule has 4 aliphatic carbocycles. The van der Waals surface area contributed by atoms with Gasteiger partial charge in [-0.15, -0.1) is 18.8 Å². The van der Waals surface area contributed by atoms with Gasteiger partial charge in [-0.1, -0.05) is 18.4 Å². The zero-order valence-corrected chi connectivity index (χ0v) is 14.7. The normalized spacial score (nSPS) is 48.2. The molecule has 0 aromatic heterocycles. The fourth-order valence-corrected chi connectivity index (χ4v) is 6.43. The van der Waals surface area contributed by atoms with Gasteiger partial charge < -0.3 is 5.11 Å². The maximum atomic E-state index is 11.7. The number of terminal acetylenes is 1. The van der Waals surface area contributed by atoms with Gasteiger partial charge in [-0.3, -0.25) is 4.79 Å². The number of carbonyl (C=O) groups is 1. The lowest BCUT2D eigenvalue weighted by Crippen LogP contribution is -2.52. The van der Waals surface area contributed by atoms with Crippen LogP contribution in [0.25, 0.3) is 0 Å². The van der Waals surface area contributed by atoms with Crippen LogP contribution in [-0.2, 0) is 4.79 Å². The zero-order valence-electron chi connectivity index (χ0n) is 13.9. The third-order valence-corrected chi connectivity index (χ3v) is 7.69. The average Bonchev–Trinajstić information content (AvgIpc) is 2.79. The highest BCUT2D eigenvalue weighted by Crippen LogP contribution is 2.64. The first-order valence-electron chi connectivity index (χ1n) is 8.92. The van der Waals surface area contributed by atoms with Gasteiger partial charge >= 0.3 is 0 Å². The summed E-state index contributed by atoms with van der Waals surface area (Å²) in [6, 6.07) is 0. The van der Waals surface area contributed by atoms with Crippen molar-refractivity contribution in [1.82, 2.24) is 0 Å². The van der Waals surface area contributed by atoms with E-state index in [1.807, 2.05) is 6.08 Å². The molecule has 6 atom stereocenters. The predicted molar refractivity (Wildman–Crippen MR) is 93.1 cm³/mol. The first-order valence-corrected chi connectivity index (χ1v) is 8.92. The number of halogens is 1. The molecule has 4 rings (SSSR count). The monoisotopic (exact) mass is 334 g/mol. The molecule has 0 aliphatic heterocycles. The minimum Gasteiger partial charge on any atom is -0.377 e. The molecule has 0 radical (unpaired) electrons. The van der Waals surface area contributed by atoms with E-state index in [9.17, 15) is 9.90 Å². The molecule has 2 nitrogen and oxygen atoms in total. The van der Waals surface area contributed by atoms with Crippen molar-refractivity contribution in [3.05, 3.63) is 11.6 Å². The van der Waals surface area contributed by atoms with E-state index in [0.29, 0.717) is 29.5 Å². The van der Waals surface area contributed by atoms with E-state index in [1.165, 1.54) is 12.0 Å². The average molecular weight is 335 g/mol. The molecule has 1 N–H and O–H groups in total. The minimum atomic E-state index is -0.902. The smallest absolute Gasteiger partial charge is 0.155 e. The molecule has 0 aromatic rings. The Morgan fingerprint density at radius 3 is 2.70 bits per heavy atom. The third kappa shape index (κ3) is 2.24. The summed E-state index contributed by atoms with van der Waals surface area (Å²) in [6.07, 6.45) is 15.7. The van der Waals surface area contributed by atoms with Gasteiger partial charge in [-0.25, -0.2) is 0 Å². The summed E-state index contributed by atoms with van der Waals surface area (Å²) in [7, 11) is 0. The summed E-state index contributed by atoms with van der Waals surface area (Å²) in [5.41, 5.74) is 0.418. The first kappa shape index (κ1) is 17.1. The minimum absolute atomic E-state index is 0. The number of allylic oxidation sites excluding steroid dienone is 1. The van der Waals surface area contributed by atoms with Crippen LogP contribution in [0.15, 0.2) is 11.6 Å². The standard InChI is InChI=1S/C20H26O2.ClH/c1-3-20(22)11-9-18-17-6-4-13-12-14(21)5-7-15(13)16(17)8-10-19(18,20)2;/h1,12,15-18,22H,4-11H2,2H3;1H/t15-,16+,17+,18-,19-,20-;/m0./s1. The number of hydrogen-bond acceptors (Lipinski definition) is 2. The summed E-state index contributed by atoms with van der Waals surface area (Å²) in [5, 5.41) is 10.9. The lowest BCUT2D eigenvalue weighted by Gasteiger charge is -2.54. The Hall–Kier alpha value is -0.780. The molecule has 0 saturated heterocycles. The van der Waals surface area contributed by atoms with Crippen LogP contribution in [0.3, 0.4) is 0 Å². The molecule has 0 spiro atoms. The van der Waals surface area contributed by atoms with Gasteiger partial charge in [0.25, 0.3) is 0 Å². The second-order valence-corrected chi connectivity index (χ2v) is 8.30. The van der Waals surface area contributed by atoms with Crippen LogP contribution in [0, 0.1) is 41.4 Å². The van der Waals surface area contributed by atoms with Gasteiger partial charge in [0.05, 0.1) is 0 Å². The molecule has 0 aromatic carbocycles. The van der Waals surface area contributed by atoms with Gasteiger partial charge in [0.1, 0.15) is 5.60 Å². The molecule has 0 unspecified atom stereocenters. The summed E-state index contributed by atoms with van der Waals surface area (Å²) < 4.78 is 0. The lowest BCUT2D eigenvalue weighted by molar-refractivity contribution is -0.116. The summed E-state index contributed by atoms with van der Waals surface area (Å²) in [5.74, 6) is 5.66. The number of aliphatic hydroxyl groups is 1. The molecule has 23 heavy (non-hydrogen) atoms. The Morgan fingerprint density at radius 1 is 1.17 bits per heavy atom. The SMILES string of the molecule is C#C[C@]1(O)CC[C@H]2[C@@H]3CCC4=CC(=O)CC[C@@H]4[C@H]3CC[C@@]21C.Cl. The fourth-order valence-electron chi connectivity index (χ4n) is 6.43. The number of ketones is 1. The van der Waals surface area contributed by atoms with Crippen molar-refractivity contribution in [2.75, 3.05) is 0 Å². The van der Waals surface area contributed by atoms with E-state index in [4.69, 9.17) is 6.42 Å². The number of hydrogen-bond donors (Lipinski definition) is 1. The van der Waals surface area contributed by atoms with Crippen LogP contribution in [0.2, 0.25) is 0 Å². The Balaban J connectivity index is 0.00000156. The molecule has 0 heterocycles. The number of rotatable bonds is 0. The Morgan fingerprint density at radius 2 is 1.96 bits per heavy atom. The van der Waals surface area contributed by atoms with Crippen molar-refractivity contribution in [3.8, 4) is 12.3 Å². The van der Waals surface area contributed by atoms with E-state index in [2.05, 4.69) is 12.8 Å². The van der Waals surface area contributed by atoms with Crippen LogP contribution in [0.1, 0.15) is 58.3 Å². The van der Waals surface area contributed by atoms with Gasteiger partial charge in [0, 0.05) is 11.8 Å². The summed E-state index contributed by atoms with van der Waals surface area (Å²) in [6.45, 7) is 2.23. The third-order valence-electron chi connectivity index (χ3n) is 7.69. The molecule has 126 valence electrons. The van der Waals surface area contributed by atoms with Crippen molar-refractivity contribution in [2.45, 2.75) is 63.9 Å². The summed E-state index contributed by atoms with van der Waals surface area (Å²) >= 11 is 0. The molecular weight excluding hydrogens is 308 g/mol. The number of carbonyl (C=O) groups excluding carboxylic acids is 1. The van der Waals surface area contributed by atoms with Crippen molar-refractivity contribution < 1.29 is 9.90 Å². The molecule has 3 fully saturated rings. The van der Waals surface area contributed by atoms with Crippen molar-refractivity contribution in [2.24, 2.45) is 29.1 Å². The maximum Gasteiger partial charge on any atom is 0.155 e. The second-order valence-electron chi connectivity index (χ2n) is 8.30. The Bertz CT molecular complexity index is 589. The van der Waals surface area contributed by atoms with E-state index in [1.54, 1.807) is 0 Å². The topological polar surface area (TPSA) is 37.3 Å². The Labute approximate surface area is 145 Å². The molecule has 3 heteroatoms. The van der Waals surface area contributed by atoms with E-state index < -0.39 is 5.60 Å². The van der Waals surface area contributed by atoms with Crippen LogP contribution in [0.5, 0.6) is 0 Å². The van der Waals surface area contributed by atoms with Crippen LogP contribution in [0.4, 0.5) is 0 Å². The molecule has 3 saturated carbocycles. The second kappa shape index (κ2) is 5.64. The Kier molecular flexibility index (Phi) is 4.18. The molecule has 0 bridgehead atoms. The highest BCUT2D eigenvalue weighted by atomic mass is 35.5. The highest BCUT2D eigenvalue weighted by Gasteiger charge is 2.61. The van der Waals surface area contributed by atoms with Crippen LogP contribution < -0.4 is 0 Å². The summed E-state index contributed by atoms with van der Waals surface area (Å²) in [4.78, 5) is 11.7. The molecule has 0 amide bonds. The van der Waals surface area contributed by atoms with E-state index in [0.717, 1.165) is 44.9 Å². The first-order chi connectivity index (χ1) is 10.5. The van der Waals surface area contributed by atoms with Gasteiger partial charge in [0.2, 0.25) is 0 Å². The largest absolute Gasteiger partial charge is 0.377 e. The fraction of sp³-hybridized carbons (Fsp3) is 0.750. The van der Waals surface area contributed by atoms with E-state index in [-0.39, 0.29) is 17.8 Å². The van der Waals surface area contributed by atoms with E-state index >= 15 is 0 Å². The van der Waals surface area contributed by atoms with Crippen molar-refractivity contribution in [3.63, 3.8) is 0 Å². The lowest BCUT2D eigenvalue weighted by atomic mass is 9.50. The van der Waals surface area contributed by atoms with Crippen LogP contribution >= 0.6 is 12.4 Å². The zero-order chi connectivity index (χ0) is 15.5. The van der Waals surface area contributed by atoms with Gasteiger partial charge in [0.15, 0.2) is 5.78 Å². The van der Waals surface area contributed by atoms with Crippen molar-refractivity contribution >= 4 is 18.2 Å². The predicted octanol–water partition coefficient (Wildman–Crippen LogP) is 3.91. The molecular formula is C20H27ClO2. The van der Waals surface area contributed by atoms with Crippen molar-refractivity contribution in [1.29, 1.82) is 0 Å². The van der Waals surface area contributed by atoms with Gasteiger partial charge in [-0.05, 0) is 74.7 Å².